The van der Waals surface area contributed by atoms with Crippen LogP contribution in [0.3, 0.4) is 0 Å². The van der Waals surface area contributed by atoms with Gasteiger partial charge in [-0.2, -0.15) is 5.26 Å². The monoisotopic (exact) mass is 415 g/mol. The second-order valence-electron chi connectivity index (χ2n) is 5.52. The Kier molecular flexibility index (Phi) is 6.68. The molecule has 0 atom stereocenters. The van der Waals surface area contributed by atoms with Gasteiger partial charge in [-0.15, -0.1) is 11.8 Å². The molecule has 0 saturated carbocycles. The molecule has 0 bridgehead atoms. The lowest BCUT2D eigenvalue weighted by atomic mass is 10.1. The third-order valence-corrected chi connectivity index (χ3v) is 5.19. The average Bonchev–Trinajstić information content (AvgIpc) is 2.56. The third-order valence-electron chi connectivity index (χ3n) is 3.62. The number of primary amides is 1. The van der Waals surface area contributed by atoms with E-state index >= 15 is 0 Å². The van der Waals surface area contributed by atoms with Gasteiger partial charge in [-0.1, -0.05) is 34.1 Å². The number of hydrogen-bond donors (Lipinski definition) is 2. The van der Waals surface area contributed by atoms with E-state index in [4.69, 9.17) is 5.73 Å². The lowest BCUT2D eigenvalue weighted by Crippen LogP contribution is -2.16. The number of rotatable bonds is 6. The van der Waals surface area contributed by atoms with Crippen LogP contribution in [0, 0.1) is 25.2 Å². The molecule has 0 aromatic heterocycles. The minimum Gasteiger partial charge on any atom is -0.365 e. The largest absolute Gasteiger partial charge is 0.365 e. The summed E-state index contributed by atoms with van der Waals surface area (Å²) in [5.41, 5.74) is 9.48. The summed E-state index contributed by atoms with van der Waals surface area (Å²) in [6.07, 6.45) is 0. The molecule has 4 nitrogen and oxygen atoms in total. The van der Waals surface area contributed by atoms with Gasteiger partial charge in [0.2, 0.25) is 0 Å². The summed E-state index contributed by atoms with van der Waals surface area (Å²) in [4.78, 5) is 11.6. The Balaban J connectivity index is 2.29. The van der Waals surface area contributed by atoms with E-state index in [0.717, 1.165) is 21.3 Å². The summed E-state index contributed by atoms with van der Waals surface area (Å²) in [6, 6.07) is 15.7. The van der Waals surface area contributed by atoms with Gasteiger partial charge in [-0.25, -0.2) is 0 Å². The first-order chi connectivity index (χ1) is 11.9. The predicted octanol–water partition coefficient (Wildman–Crippen LogP) is 4.63. The molecule has 0 saturated heterocycles. The highest BCUT2D eigenvalue weighted by atomic mass is 79.9. The van der Waals surface area contributed by atoms with E-state index in [1.54, 1.807) is 0 Å². The van der Waals surface area contributed by atoms with E-state index in [0.29, 0.717) is 10.8 Å². The number of nitrogens with one attached hydrogen (secondary N) is 1. The fourth-order valence-electron chi connectivity index (χ4n) is 2.12. The number of carbonyl (C=O) groups excluding carboxylic acids is 1. The molecule has 0 aliphatic carbocycles. The van der Waals surface area contributed by atoms with Gasteiger partial charge >= 0.3 is 0 Å². The van der Waals surface area contributed by atoms with Crippen LogP contribution in [0.15, 0.2) is 57.5 Å². The van der Waals surface area contributed by atoms with Crippen LogP contribution in [0.5, 0.6) is 0 Å². The van der Waals surface area contributed by atoms with Gasteiger partial charge in [0.05, 0.1) is 5.03 Å². The van der Waals surface area contributed by atoms with Gasteiger partial charge in [-0.05, 0) is 54.8 Å². The van der Waals surface area contributed by atoms with Crippen LogP contribution in [-0.4, -0.2) is 5.91 Å². The summed E-state index contributed by atoms with van der Waals surface area (Å²) in [5, 5.41) is 12.9. The standard InChI is InChI=1S/C19H18BrN3OS/c1-12-6-7-16(8-13(12)2)23-19(17(10-21)18(22)24)25-11-14-4-3-5-15(20)9-14/h3-9,23H,11H2,1-2H3,(H2,22,24). The van der Waals surface area contributed by atoms with Crippen LogP contribution < -0.4 is 11.1 Å². The smallest absolute Gasteiger partial charge is 0.262 e. The van der Waals surface area contributed by atoms with Crippen molar-refractivity contribution in [1.82, 2.24) is 0 Å². The molecular formula is C19H18BrN3OS. The Bertz CT molecular complexity index is 871. The van der Waals surface area contributed by atoms with Crippen LogP contribution in [0.25, 0.3) is 0 Å². The summed E-state index contributed by atoms with van der Waals surface area (Å²) < 4.78 is 0.980. The molecule has 0 aliphatic rings. The molecule has 3 N–H and O–H groups in total. The van der Waals surface area contributed by atoms with Crippen molar-refractivity contribution < 1.29 is 4.79 Å². The Morgan fingerprint density at radius 1 is 1.24 bits per heavy atom. The molecule has 2 aromatic rings. The number of nitrogens with zero attached hydrogens (tertiary/aromatic N) is 1. The molecule has 0 aliphatic heterocycles. The van der Waals surface area contributed by atoms with Gasteiger partial charge in [0.1, 0.15) is 11.6 Å². The third kappa shape index (κ3) is 5.38. The number of carbonyl (C=O) groups is 1. The molecule has 0 unspecified atom stereocenters. The minimum atomic E-state index is -0.740. The van der Waals surface area contributed by atoms with E-state index in [-0.39, 0.29) is 5.57 Å². The normalized spacial score (nSPS) is 11.4. The molecular weight excluding hydrogens is 398 g/mol. The quantitative estimate of drug-likeness (QED) is 0.532. The van der Waals surface area contributed by atoms with Gasteiger partial charge in [-0.3, -0.25) is 4.79 Å². The van der Waals surface area contributed by atoms with Crippen molar-refractivity contribution in [1.29, 1.82) is 5.26 Å². The lowest BCUT2D eigenvalue weighted by Gasteiger charge is -2.13. The zero-order valence-corrected chi connectivity index (χ0v) is 16.4. The van der Waals surface area contributed by atoms with E-state index in [1.165, 1.54) is 17.3 Å². The Morgan fingerprint density at radius 2 is 2.00 bits per heavy atom. The molecule has 25 heavy (non-hydrogen) atoms. The number of nitrogens with two attached hydrogens (primary N) is 1. The van der Waals surface area contributed by atoms with Gasteiger partial charge < -0.3 is 11.1 Å². The molecule has 0 radical (unpaired) electrons. The fraction of sp³-hybridized carbons (Fsp3) is 0.158. The lowest BCUT2D eigenvalue weighted by molar-refractivity contribution is -0.114. The number of aryl methyl sites for hydroxylation is 2. The van der Waals surface area contributed by atoms with Crippen LogP contribution in [0.2, 0.25) is 0 Å². The van der Waals surface area contributed by atoms with Crippen LogP contribution in [0.4, 0.5) is 5.69 Å². The van der Waals surface area contributed by atoms with Crippen molar-refractivity contribution >= 4 is 39.3 Å². The highest BCUT2D eigenvalue weighted by Crippen LogP contribution is 2.28. The predicted molar refractivity (Wildman–Crippen MR) is 107 cm³/mol. The zero-order valence-electron chi connectivity index (χ0n) is 14.0. The van der Waals surface area contributed by atoms with Crippen LogP contribution >= 0.6 is 27.7 Å². The van der Waals surface area contributed by atoms with E-state index in [1.807, 2.05) is 62.4 Å². The number of halogens is 1. The zero-order chi connectivity index (χ0) is 18.4. The molecule has 2 rings (SSSR count). The summed E-state index contributed by atoms with van der Waals surface area (Å²) in [5.74, 6) is -0.138. The number of anilines is 1. The molecule has 128 valence electrons. The van der Waals surface area contributed by atoms with E-state index < -0.39 is 5.91 Å². The highest BCUT2D eigenvalue weighted by Gasteiger charge is 2.14. The first-order valence-corrected chi connectivity index (χ1v) is 9.34. The second-order valence-corrected chi connectivity index (χ2v) is 7.42. The SMILES string of the molecule is Cc1ccc(NC(SCc2cccc(Br)c2)=C(C#N)C(N)=O)cc1C. The summed E-state index contributed by atoms with van der Waals surface area (Å²) in [6.45, 7) is 4.04. The van der Waals surface area contributed by atoms with Crippen LogP contribution in [-0.2, 0) is 10.5 Å². The van der Waals surface area contributed by atoms with Crippen molar-refractivity contribution in [2.24, 2.45) is 5.73 Å². The Labute approximate surface area is 160 Å². The summed E-state index contributed by atoms with van der Waals surface area (Å²) in [7, 11) is 0. The van der Waals surface area contributed by atoms with Crippen molar-refractivity contribution in [3.63, 3.8) is 0 Å². The van der Waals surface area contributed by atoms with E-state index in [9.17, 15) is 10.1 Å². The number of hydrogen-bond acceptors (Lipinski definition) is 4. The summed E-state index contributed by atoms with van der Waals surface area (Å²) >= 11 is 4.81. The van der Waals surface area contributed by atoms with E-state index in [2.05, 4.69) is 21.2 Å². The van der Waals surface area contributed by atoms with Gasteiger partial charge in [0.15, 0.2) is 0 Å². The molecule has 0 heterocycles. The second kappa shape index (κ2) is 8.75. The van der Waals surface area contributed by atoms with Crippen molar-refractivity contribution in [3.05, 3.63) is 74.2 Å². The maximum atomic E-state index is 11.6. The van der Waals surface area contributed by atoms with Gasteiger partial charge in [0.25, 0.3) is 5.91 Å². The van der Waals surface area contributed by atoms with Crippen LogP contribution in [0.1, 0.15) is 16.7 Å². The number of benzene rings is 2. The number of thioether (sulfide) groups is 1. The molecule has 6 heteroatoms. The molecule has 2 aromatic carbocycles. The maximum Gasteiger partial charge on any atom is 0.262 e. The first kappa shape index (κ1) is 19.1. The fourth-order valence-corrected chi connectivity index (χ4v) is 3.54. The maximum absolute atomic E-state index is 11.6. The topological polar surface area (TPSA) is 78.9 Å². The number of amides is 1. The van der Waals surface area contributed by atoms with Crippen molar-refractivity contribution in [2.45, 2.75) is 19.6 Å². The molecule has 0 spiro atoms. The Morgan fingerprint density at radius 3 is 2.60 bits per heavy atom. The molecule has 0 fully saturated rings. The first-order valence-electron chi connectivity index (χ1n) is 7.56. The molecule has 1 amide bonds. The highest BCUT2D eigenvalue weighted by molar-refractivity contribution is 9.10. The van der Waals surface area contributed by atoms with Crippen molar-refractivity contribution in [2.75, 3.05) is 5.32 Å². The minimum absolute atomic E-state index is 0.0711. The average molecular weight is 416 g/mol. The Hall–Kier alpha value is -2.23. The van der Waals surface area contributed by atoms with Crippen molar-refractivity contribution in [3.8, 4) is 6.07 Å². The number of nitriles is 1. The van der Waals surface area contributed by atoms with Gasteiger partial charge in [0, 0.05) is 15.9 Å².